The molecule has 1 unspecified atom stereocenters. The van der Waals surface area contributed by atoms with Gasteiger partial charge in [0.15, 0.2) is 0 Å². The summed E-state index contributed by atoms with van der Waals surface area (Å²) in [6.45, 7) is 0.575. The van der Waals surface area contributed by atoms with Crippen molar-refractivity contribution < 1.29 is 9.59 Å². The van der Waals surface area contributed by atoms with Gasteiger partial charge in [0.1, 0.15) is 11.0 Å². The van der Waals surface area contributed by atoms with Crippen LogP contribution in [0.4, 0.5) is 10.8 Å². The van der Waals surface area contributed by atoms with Gasteiger partial charge in [-0.05, 0) is 49.2 Å². The van der Waals surface area contributed by atoms with Crippen molar-refractivity contribution in [2.75, 3.05) is 30.9 Å². The molecule has 0 bridgehead atoms. The van der Waals surface area contributed by atoms with Gasteiger partial charge in [-0.25, -0.2) is 0 Å². The molecule has 0 aliphatic carbocycles. The molecule has 1 saturated heterocycles. The van der Waals surface area contributed by atoms with Crippen molar-refractivity contribution in [3.8, 4) is 10.6 Å². The zero-order valence-electron chi connectivity index (χ0n) is 16.9. The van der Waals surface area contributed by atoms with E-state index < -0.39 is 6.04 Å². The fourth-order valence-corrected chi connectivity index (χ4v) is 4.26. The minimum Gasteiger partial charge on any atom is -0.378 e. The van der Waals surface area contributed by atoms with E-state index in [1.54, 1.807) is 17.0 Å². The molecule has 0 spiro atoms. The van der Waals surface area contributed by atoms with Gasteiger partial charge in [-0.15, -0.1) is 10.2 Å². The van der Waals surface area contributed by atoms with Crippen LogP contribution in [0.5, 0.6) is 0 Å². The Morgan fingerprint density at radius 2 is 1.80 bits per heavy atom. The Kier molecular flexibility index (Phi) is 5.76. The van der Waals surface area contributed by atoms with E-state index in [0.29, 0.717) is 23.7 Å². The SMILES string of the molecule is CN(C)c1ccc(-c2nnc(NC(=O)C3CCCN3C(=O)c3ccccc3)s2)cc1. The first kappa shape index (κ1) is 20.0. The van der Waals surface area contributed by atoms with Crippen LogP contribution in [-0.4, -0.2) is 53.6 Å². The number of hydrogen-bond acceptors (Lipinski definition) is 6. The monoisotopic (exact) mass is 421 g/mol. The highest BCUT2D eigenvalue weighted by atomic mass is 32.1. The van der Waals surface area contributed by atoms with Crippen LogP contribution in [0.15, 0.2) is 54.6 Å². The quantitative estimate of drug-likeness (QED) is 0.682. The number of amides is 2. The van der Waals surface area contributed by atoms with Gasteiger partial charge in [0.2, 0.25) is 11.0 Å². The molecule has 1 aromatic heterocycles. The highest BCUT2D eigenvalue weighted by molar-refractivity contribution is 7.18. The van der Waals surface area contributed by atoms with Crippen LogP contribution in [0, 0.1) is 0 Å². The molecule has 8 heteroatoms. The van der Waals surface area contributed by atoms with E-state index in [1.807, 2.05) is 61.5 Å². The molecule has 154 valence electrons. The fourth-order valence-electron chi connectivity index (χ4n) is 3.51. The molecule has 2 heterocycles. The van der Waals surface area contributed by atoms with Gasteiger partial charge in [-0.2, -0.15) is 0 Å². The maximum Gasteiger partial charge on any atom is 0.254 e. The maximum absolute atomic E-state index is 12.9. The van der Waals surface area contributed by atoms with Gasteiger partial charge < -0.3 is 9.80 Å². The summed E-state index contributed by atoms with van der Waals surface area (Å²) in [6.07, 6.45) is 1.44. The van der Waals surface area contributed by atoms with Crippen molar-refractivity contribution >= 4 is 34.0 Å². The number of nitrogens with zero attached hydrogens (tertiary/aromatic N) is 4. The lowest BCUT2D eigenvalue weighted by atomic mass is 10.1. The van der Waals surface area contributed by atoms with Crippen LogP contribution in [0.2, 0.25) is 0 Å². The van der Waals surface area contributed by atoms with Crippen molar-refractivity contribution in [2.45, 2.75) is 18.9 Å². The van der Waals surface area contributed by atoms with Crippen LogP contribution in [0.3, 0.4) is 0 Å². The number of nitrogens with one attached hydrogen (secondary N) is 1. The van der Waals surface area contributed by atoms with Gasteiger partial charge >= 0.3 is 0 Å². The van der Waals surface area contributed by atoms with E-state index in [0.717, 1.165) is 22.7 Å². The number of rotatable bonds is 5. The van der Waals surface area contributed by atoms with Crippen molar-refractivity contribution in [1.82, 2.24) is 15.1 Å². The minimum atomic E-state index is -0.496. The molecule has 2 amide bonds. The molecule has 1 N–H and O–H groups in total. The number of likely N-dealkylation sites (tertiary alicyclic amines) is 1. The summed E-state index contributed by atoms with van der Waals surface area (Å²) in [5.74, 6) is -0.338. The van der Waals surface area contributed by atoms with E-state index in [1.165, 1.54) is 11.3 Å². The average molecular weight is 422 g/mol. The third-order valence-corrected chi connectivity index (χ3v) is 6.01. The van der Waals surface area contributed by atoms with Crippen molar-refractivity contribution in [2.24, 2.45) is 0 Å². The topological polar surface area (TPSA) is 78.4 Å². The lowest BCUT2D eigenvalue weighted by Crippen LogP contribution is -2.43. The second kappa shape index (κ2) is 8.62. The lowest BCUT2D eigenvalue weighted by Gasteiger charge is -2.23. The Morgan fingerprint density at radius 1 is 1.07 bits per heavy atom. The average Bonchev–Trinajstić information content (AvgIpc) is 3.44. The summed E-state index contributed by atoms with van der Waals surface area (Å²) in [4.78, 5) is 29.3. The summed E-state index contributed by atoms with van der Waals surface area (Å²) in [7, 11) is 3.98. The number of hydrogen-bond donors (Lipinski definition) is 1. The van der Waals surface area contributed by atoms with E-state index >= 15 is 0 Å². The molecule has 1 aliphatic rings. The zero-order valence-corrected chi connectivity index (χ0v) is 17.7. The summed E-state index contributed by atoms with van der Waals surface area (Å²) < 4.78 is 0. The minimum absolute atomic E-state index is 0.118. The van der Waals surface area contributed by atoms with Crippen LogP contribution in [-0.2, 0) is 4.79 Å². The van der Waals surface area contributed by atoms with Gasteiger partial charge in [-0.3, -0.25) is 14.9 Å². The van der Waals surface area contributed by atoms with Gasteiger partial charge in [0.25, 0.3) is 5.91 Å². The number of carbonyl (C=O) groups excluding carboxylic acids is 2. The number of carbonyl (C=O) groups is 2. The largest absolute Gasteiger partial charge is 0.378 e. The normalized spacial score (nSPS) is 15.8. The molecule has 0 radical (unpaired) electrons. The van der Waals surface area contributed by atoms with E-state index in [2.05, 4.69) is 15.5 Å². The van der Waals surface area contributed by atoms with Crippen LogP contribution >= 0.6 is 11.3 Å². The molecule has 7 nitrogen and oxygen atoms in total. The molecule has 1 fully saturated rings. The summed E-state index contributed by atoms with van der Waals surface area (Å²) >= 11 is 1.32. The Balaban J connectivity index is 1.44. The van der Waals surface area contributed by atoms with E-state index in [4.69, 9.17) is 0 Å². The standard InChI is InChI=1S/C22H23N5O2S/c1-26(2)17-12-10-15(11-13-17)20-24-25-22(30-20)23-19(28)18-9-6-14-27(18)21(29)16-7-4-3-5-8-16/h3-5,7-8,10-13,18H,6,9,14H2,1-2H3,(H,23,25,28). The van der Waals surface area contributed by atoms with Crippen LogP contribution in [0.1, 0.15) is 23.2 Å². The first-order chi connectivity index (χ1) is 14.5. The van der Waals surface area contributed by atoms with Crippen molar-refractivity contribution in [3.05, 3.63) is 60.2 Å². The number of aromatic nitrogens is 2. The molecule has 1 aliphatic heterocycles. The Bertz CT molecular complexity index is 1030. The predicted molar refractivity (Wildman–Crippen MR) is 119 cm³/mol. The van der Waals surface area contributed by atoms with Crippen LogP contribution in [0.25, 0.3) is 10.6 Å². The van der Waals surface area contributed by atoms with Gasteiger partial charge in [-0.1, -0.05) is 29.5 Å². The van der Waals surface area contributed by atoms with Gasteiger partial charge in [0.05, 0.1) is 0 Å². The molecule has 4 rings (SSSR count). The maximum atomic E-state index is 12.9. The molecule has 1 atom stereocenters. The highest BCUT2D eigenvalue weighted by Gasteiger charge is 2.34. The molecular weight excluding hydrogens is 398 g/mol. The Hall–Kier alpha value is -3.26. The summed E-state index contributed by atoms with van der Waals surface area (Å²) in [5, 5.41) is 12.3. The Morgan fingerprint density at radius 3 is 2.50 bits per heavy atom. The smallest absolute Gasteiger partial charge is 0.254 e. The van der Waals surface area contributed by atoms with Crippen LogP contribution < -0.4 is 10.2 Å². The molecule has 2 aromatic carbocycles. The summed E-state index contributed by atoms with van der Waals surface area (Å²) in [5.41, 5.74) is 2.64. The zero-order chi connectivity index (χ0) is 21.1. The number of benzene rings is 2. The first-order valence-corrected chi connectivity index (χ1v) is 10.6. The third kappa shape index (κ3) is 4.18. The Labute approximate surface area is 179 Å². The second-order valence-corrected chi connectivity index (χ2v) is 8.34. The molecule has 30 heavy (non-hydrogen) atoms. The second-order valence-electron chi connectivity index (χ2n) is 7.37. The summed E-state index contributed by atoms with van der Waals surface area (Å²) in [6, 6.07) is 16.6. The molecule has 0 saturated carbocycles. The number of anilines is 2. The first-order valence-electron chi connectivity index (χ1n) is 9.81. The highest BCUT2D eigenvalue weighted by Crippen LogP contribution is 2.29. The third-order valence-electron chi connectivity index (χ3n) is 5.12. The van der Waals surface area contributed by atoms with Crippen molar-refractivity contribution in [3.63, 3.8) is 0 Å². The molecular formula is C22H23N5O2S. The van der Waals surface area contributed by atoms with E-state index in [9.17, 15) is 9.59 Å². The lowest BCUT2D eigenvalue weighted by molar-refractivity contribution is -0.119. The van der Waals surface area contributed by atoms with Gasteiger partial charge in [0, 0.05) is 37.5 Å². The predicted octanol–water partition coefficient (Wildman–Crippen LogP) is 3.51. The fraction of sp³-hybridized carbons (Fsp3) is 0.273. The molecule has 3 aromatic rings. The van der Waals surface area contributed by atoms with E-state index in [-0.39, 0.29) is 11.8 Å². The van der Waals surface area contributed by atoms with Crippen molar-refractivity contribution in [1.29, 1.82) is 0 Å².